The van der Waals surface area contributed by atoms with Gasteiger partial charge in [-0.2, -0.15) is 0 Å². The van der Waals surface area contributed by atoms with Crippen molar-refractivity contribution < 1.29 is 64.6 Å². The van der Waals surface area contributed by atoms with Crippen molar-refractivity contribution in [2.75, 3.05) is 19.8 Å². The summed E-state index contributed by atoms with van der Waals surface area (Å²) in [6, 6.07) is -0.837. The van der Waals surface area contributed by atoms with E-state index in [0.717, 1.165) is 77.0 Å². The number of nitrogens with one attached hydrogen (secondary N) is 1. The van der Waals surface area contributed by atoms with Crippen molar-refractivity contribution in [3.63, 3.8) is 0 Å². The van der Waals surface area contributed by atoms with Crippen molar-refractivity contribution in [1.29, 1.82) is 0 Å². The van der Waals surface area contributed by atoms with Crippen LogP contribution in [0.1, 0.15) is 296 Å². The number of rotatable bonds is 57. The topological polar surface area (TPSA) is 228 Å². The third-order valence-electron chi connectivity index (χ3n) is 17.1. The Morgan fingerprint density at radius 1 is 0.440 bits per heavy atom. The Balaban J connectivity index is 1.67. The largest absolute Gasteiger partial charge is 0.394 e. The molecule has 0 aromatic carbocycles. The molecule has 12 atom stereocenters. The molecule has 0 spiro atoms. The summed E-state index contributed by atoms with van der Waals surface area (Å²) in [4.78, 5) is 13.3. The fourth-order valence-corrected chi connectivity index (χ4v) is 11.5. The van der Waals surface area contributed by atoms with Gasteiger partial charge in [-0.25, -0.2) is 0 Å². The summed E-state index contributed by atoms with van der Waals surface area (Å²) >= 11 is 0. The maximum atomic E-state index is 13.3. The Morgan fingerprint density at radius 2 is 0.821 bits per heavy atom. The van der Waals surface area contributed by atoms with Crippen molar-refractivity contribution in [2.45, 2.75) is 370 Å². The maximum Gasteiger partial charge on any atom is 0.220 e. The lowest BCUT2D eigenvalue weighted by atomic mass is 9.97. The summed E-state index contributed by atoms with van der Waals surface area (Å²) in [6.07, 6.45) is 54.1. The predicted octanol–water partition coefficient (Wildman–Crippen LogP) is 13.9. The van der Waals surface area contributed by atoms with E-state index in [1.807, 2.05) is 0 Å². The molecule has 12 unspecified atom stereocenters. The maximum absolute atomic E-state index is 13.3. The first-order valence-electron chi connectivity index (χ1n) is 34.9. The zero-order chi connectivity index (χ0) is 60.9. The van der Waals surface area contributed by atoms with Crippen LogP contribution in [0.3, 0.4) is 0 Å². The number of ether oxygens (including phenoxy) is 4. The number of carbonyl (C=O) groups is 1. The SMILES string of the molecule is CC/C=C\C/C=C\C/C=C\C/C=C\CCCCCCCCCCC(=O)NC(COC1OC(CO)C(OC2OC(CO)C(O)C(O)C2O)C(O)C1O)C(O)CCCCCCCCCCCCCCCCCCCCCCCCCCCCCCC. The van der Waals surface area contributed by atoms with E-state index in [2.05, 4.69) is 67.8 Å². The molecule has 2 aliphatic rings. The number of carbonyl (C=O) groups excluding carboxylic acids is 1. The summed E-state index contributed by atoms with van der Waals surface area (Å²) < 4.78 is 22.9. The molecular formula is C70H129NO13. The summed E-state index contributed by atoms with van der Waals surface area (Å²) in [5, 5.41) is 87.6. The summed E-state index contributed by atoms with van der Waals surface area (Å²) in [6.45, 7) is 2.78. The smallest absolute Gasteiger partial charge is 0.220 e. The molecular weight excluding hydrogens is 1060 g/mol. The first-order valence-corrected chi connectivity index (χ1v) is 34.9. The zero-order valence-corrected chi connectivity index (χ0v) is 53.4. The molecule has 492 valence electrons. The molecule has 84 heavy (non-hydrogen) atoms. The van der Waals surface area contributed by atoms with Crippen LogP contribution in [0.15, 0.2) is 48.6 Å². The summed E-state index contributed by atoms with van der Waals surface area (Å²) in [7, 11) is 0. The van der Waals surface area contributed by atoms with E-state index in [9.17, 15) is 45.6 Å². The summed E-state index contributed by atoms with van der Waals surface area (Å²) in [5.74, 6) is -0.213. The van der Waals surface area contributed by atoms with Crippen LogP contribution >= 0.6 is 0 Å². The standard InChI is InChI=1S/C70H129NO13/c1-3-5-7-9-11-13-15-17-19-21-23-25-26-27-28-29-30-31-32-34-35-37-39-41-43-45-47-49-51-53-59(74)58(57-81-69-67(80)65(78)68(61(56-73)83-69)84-70-66(79)64(77)63(76)60(55-72)82-70)71-62(75)54-52-50-48-46-44-42-40-38-36-33-24-22-20-18-16-14-12-10-8-6-4-2/h6,8,12,14,18,20,24,33,58-61,63-70,72-74,76-80H,3-5,7,9-11,13,15-17,19,21-23,25-32,34-57H2,1-2H3,(H,71,75)/b8-6-,14-12-,20-18-,33-24-. The van der Waals surface area contributed by atoms with Gasteiger partial charge in [0.2, 0.25) is 5.91 Å². The number of unbranched alkanes of at least 4 members (excludes halogenated alkanes) is 36. The Hall–Kier alpha value is -2.05. The molecule has 9 N–H and O–H groups in total. The third kappa shape index (κ3) is 39.1. The van der Waals surface area contributed by atoms with Gasteiger partial charge in [-0.1, -0.05) is 287 Å². The molecule has 0 bridgehead atoms. The molecule has 0 aliphatic carbocycles. The van der Waals surface area contributed by atoms with E-state index in [1.165, 1.54) is 186 Å². The Kier molecular flexibility index (Phi) is 51.1. The Bertz CT molecular complexity index is 1590. The van der Waals surface area contributed by atoms with Crippen LogP contribution in [0.25, 0.3) is 0 Å². The average Bonchev–Trinajstić information content (AvgIpc) is 3.18. The fourth-order valence-electron chi connectivity index (χ4n) is 11.5. The Morgan fingerprint density at radius 3 is 1.26 bits per heavy atom. The molecule has 1 amide bonds. The van der Waals surface area contributed by atoms with Crippen molar-refractivity contribution in [3.05, 3.63) is 48.6 Å². The molecule has 14 heteroatoms. The van der Waals surface area contributed by atoms with Crippen molar-refractivity contribution in [1.82, 2.24) is 5.32 Å². The number of hydrogen-bond acceptors (Lipinski definition) is 13. The lowest BCUT2D eigenvalue weighted by Crippen LogP contribution is -2.65. The molecule has 0 aromatic heterocycles. The molecule has 0 aromatic rings. The van der Waals surface area contributed by atoms with Gasteiger partial charge in [0.05, 0.1) is 32.0 Å². The number of aliphatic hydroxyl groups excluding tert-OH is 8. The van der Waals surface area contributed by atoms with Gasteiger partial charge >= 0.3 is 0 Å². The van der Waals surface area contributed by atoms with Gasteiger partial charge in [0, 0.05) is 6.42 Å². The number of amides is 1. The highest BCUT2D eigenvalue weighted by Gasteiger charge is 2.51. The van der Waals surface area contributed by atoms with E-state index >= 15 is 0 Å². The quantitative estimate of drug-likeness (QED) is 0.0204. The second-order valence-corrected chi connectivity index (χ2v) is 24.6. The lowest BCUT2D eigenvalue weighted by molar-refractivity contribution is -0.359. The first kappa shape index (κ1) is 78.0. The van der Waals surface area contributed by atoms with Gasteiger partial charge in [0.15, 0.2) is 12.6 Å². The van der Waals surface area contributed by atoms with Crippen LogP contribution in [0.2, 0.25) is 0 Å². The van der Waals surface area contributed by atoms with Gasteiger partial charge in [-0.15, -0.1) is 0 Å². The second kappa shape index (κ2) is 55.1. The van der Waals surface area contributed by atoms with Crippen LogP contribution in [-0.4, -0.2) is 140 Å². The molecule has 14 nitrogen and oxygen atoms in total. The van der Waals surface area contributed by atoms with Gasteiger partial charge in [0.25, 0.3) is 0 Å². The summed E-state index contributed by atoms with van der Waals surface area (Å²) in [5.41, 5.74) is 0. The molecule has 0 radical (unpaired) electrons. The molecule has 0 saturated carbocycles. The van der Waals surface area contributed by atoms with Crippen LogP contribution in [0.4, 0.5) is 0 Å². The fraction of sp³-hybridized carbons (Fsp3) is 0.871. The van der Waals surface area contributed by atoms with E-state index in [0.29, 0.717) is 19.3 Å². The minimum atomic E-state index is -1.79. The predicted molar refractivity (Wildman–Crippen MR) is 341 cm³/mol. The molecule has 2 heterocycles. The molecule has 2 fully saturated rings. The monoisotopic (exact) mass is 1190 g/mol. The van der Waals surface area contributed by atoms with Crippen LogP contribution < -0.4 is 5.32 Å². The van der Waals surface area contributed by atoms with Crippen molar-refractivity contribution in [3.8, 4) is 0 Å². The third-order valence-corrected chi connectivity index (χ3v) is 17.1. The zero-order valence-electron chi connectivity index (χ0n) is 53.4. The molecule has 2 rings (SSSR count). The number of allylic oxidation sites excluding steroid dienone is 8. The normalized spacial score (nSPS) is 23.9. The number of hydrogen-bond donors (Lipinski definition) is 9. The van der Waals surface area contributed by atoms with Crippen molar-refractivity contribution >= 4 is 5.91 Å². The molecule has 2 saturated heterocycles. The van der Waals surface area contributed by atoms with Gasteiger partial charge in [-0.3, -0.25) is 4.79 Å². The second-order valence-electron chi connectivity index (χ2n) is 24.6. The Labute approximate surface area is 512 Å². The van der Waals surface area contributed by atoms with Gasteiger partial charge < -0.3 is 65.1 Å². The van der Waals surface area contributed by atoms with E-state index in [-0.39, 0.29) is 12.5 Å². The lowest BCUT2D eigenvalue weighted by Gasteiger charge is -2.46. The number of aliphatic hydroxyl groups is 8. The van der Waals surface area contributed by atoms with Crippen LogP contribution in [-0.2, 0) is 23.7 Å². The van der Waals surface area contributed by atoms with Gasteiger partial charge in [0.1, 0.15) is 48.8 Å². The molecule has 2 aliphatic heterocycles. The van der Waals surface area contributed by atoms with E-state index in [4.69, 9.17) is 18.9 Å². The average molecular weight is 1190 g/mol. The van der Waals surface area contributed by atoms with E-state index < -0.39 is 86.8 Å². The van der Waals surface area contributed by atoms with Crippen molar-refractivity contribution in [2.24, 2.45) is 0 Å². The van der Waals surface area contributed by atoms with Crippen LogP contribution in [0, 0.1) is 0 Å². The van der Waals surface area contributed by atoms with E-state index in [1.54, 1.807) is 0 Å². The first-order chi connectivity index (χ1) is 41.1. The highest BCUT2D eigenvalue weighted by molar-refractivity contribution is 5.76. The minimum absolute atomic E-state index is 0.213. The van der Waals surface area contributed by atoms with Gasteiger partial charge in [-0.05, 0) is 51.4 Å². The minimum Gasteiger partial charge on any atom is -0.394 e. The van der Waals surface area contributed by atoms with Crippen LogP contribution in [0.5, 0.6) is 0 Å². The highest BCUT2D eigenvalue weighted by atomic mass is 16.7. The highest BCUT2D eigenvalue weighted by Crippen LogP contribution is 2.30.